The molecule has 6 nitrogen and oxygen atoms in total. The predicted octanol–water partition coefficient (Wildman–Crippen LogP) is 3.43. The van der Waals surface area contributed by atoms with E-state index in [2.05, 4.69) is 15.0 Å². The summed E-state index contributed by atoms with van der Waals surface area (Å²) in [6.07, 6.45) is 5.10. The number of ether oxygens (including phenoxy) is 1. The van der Waals surface area contributed by atoms with Gasteiger partial charge < -0.3 is 14.6 Å². The highest BCUT2D eigenvalue weighted by atomic mass is 19.1. The second-order valence-electron chi connectivity index (χ2n) is 6.63. The van der Waals surface area contributed by atoms with E-state index in [-0.39, 0.29) is 23.8 Å². The van der Waals surface area contributed by atoms with Crippen LogP contribution >= 0.6 is 0 Å². The highest BCUT2D eigenvalue weighted by molar-refractivity contribution is 5.94. The number of nitrogens with one attached hydrogen (secondary N) is 1. The number of aromatic nitrogens is 3. The molecular formula is C20H18F2N4O2. The van der Waals surface area contributed by atoms with E-state index in [1.807, 2.05) is 0 Å². The number of aromatic amines is 1. The van der Waals surface area contributed by atoms with Gasteiger partial charge in [0, 0.05) is 12.7 Å². The van der Waals surface area contributed by atoms with E-state index in [1.165, 1.54) is 12.1 Å². The minimum Gasteiger partial charge on any atom is -0.458 e. The van der Waals surface area contributed by atoms with Gasteiger partial charge in [0.15, 0.2) is 5.82 Å². The van der Waals surface area contributed by atoms with Gasteiger partial charge in [-0.3, -0.25) is 4.79 Å². The van der Waals surface area contributed by atoms with Crippen LogP contribution in [0.4, 0.5) is 8.78 Å². The monoisotopic (exact) mass is 384 g/mol. The predicted molar refractivity (Wildman–Crippen MR) is 97.7 cm³/mol. The average molecular weight is 384 g/mol. The summed E-state index contributed by atoms with van der Waals surface area (Å²) < 4.78 is 31.7. The van der Waals surface area contributed by atoms with Crippen molar-refractivity contribution in [2.75, 3.05) is 13.1 Å². The number of likely N-dealkylation sites (tertiary alicyclic amines) is 1. The Kier molecular flexibility index (Phi) is 5.01. The summed E-state index contributed by atoms with van der Waals surface area (Å²) in [4.78, 5) is 25.1. The van der Waals surface area contributed by atoms with Crippen molar-refractivity contribution in [1.29, 1.82) is 0 Å². The van der Waals surface area contributed by atoms with E-state index in [1.54, 1.807) is 29.3 Å². The van der Waals surface area contributed by atoms with Crippen molar-refractivity contribution in [2.24, 2.45) is 0 Å². The lowest BCUT2D eigenvalue weighted by Gasteiger charge is -2.32. The molecule has 1 aromatic carbocycles. The van der Waals surface area contributed by atoms with Gasteiger partial charge in [0.05, 0.1) is 18.9 Å². The molecule has 4 rings (SSSR count). The van der Waals surface area contributed by atoms with Crippen LogP contribution in [0.25, 0.3) is 11.1 Å². The van der Waals surface area contributed by atoms with Crippen LogP contribution in [-0.4, -0.2) is 45.0 Å². The van der Waals surface area contributed by atoms with Gasteiger partial charge >= 0.3 is 6.01 Å². The zero-order chi connectivity index (χ0) is 19.5. The second-order valence-corrected chi connectivity index (χ2v) is 6.63. The summed E-state index contributed by atoms with van der Waals surface area (Å²) in [5.74, 6) is -0.974. The topological polar surface area (TPSA) is 71.1 Å². The second kappa shape index (κ2) is 7.75. The summed E-state index contributed by atoms with van der Waals surface area (Å²) in [7, 11) is 0. The van der Waals surface area contributed by atoms with E-state index in [0.29, 0.717) is 18.8 Å². The van der Waals surface area contributed by atoms with Gasteiger partial charge in [-0.15, -0.1) is 0 Å². The molecule has 0 aliphatic carbocycles. The standard InChI is InChI=1S/C20H18F2N4O2/c21-15-5-3-13(4-6-15)14-8-18(23-9-14)19(27)26-7-1-2-17(12-26)28-20-24-10-16(22)11-25-20/h3-6,8-11,17,23H,1-2,7,12H2. The third-order valence-corrected chi connectivity index (χ3v) is 4.63. The summed E-state index contributed by atoms with van der Waals surface area (Å²) >= 11 is 0. The molecule has 1 atom stereocenters. The van der Waals surface area contributed by atoms with Crippen molar-refractivity contribution in [1.82, 2.24) is 19.9 Å². The molecular weight excluding hydrogens is 366 g/mol. The molecule has 1 aliphatic heterocycles. The van der Waals surface area contributed by atoms with E-state index >= 15 is 0 Å². The van der Waals surface area contributed by atoms with Crippen molar-refractivity contribution < 1.29 is 18.3 Å². The molecule has 1 amide bonds. The molecule has 0 radical (unpaired) electrons. The molecule has 1 N–H and O–H groups in total. The van der Waals surface area contributed by atoms with Crippen molar-refractivity contribution in [3.8, 4) is 17.1 Å². The number of H-pyrrole nitrogens is 1. The first kappa shape index (κ1) is 18.1. The fraction of sp³-hybridized carbons (Fsp3) is 0.250. The van der Waals surface area contributed by atoms with Crippen molar-refractivity contribution in [3.63, 3.8) is 0 Å². The van der Waals surface area contributed by atoms with Gasteiger partial charge in [-0.1, -0.05) is 12.1 Å². The molecule has 0 bridgehead atoms. The first-order valence-electron chi connectivity index (χ1n) is 8.96. The van der Waals surface area contributed by atoms with Crippen LogP contribution in [-0.2, 0) is 0 Å². The molecule has 2 aromatic heterocycles. The summed E-state index contributed by atoms with van der Waals surface area (Å²) in [6, 6.07) is 7.95. The summed E-state index contributed by atoms with van der Waals surface area (Å²) in [5, 5.41) is 0. The molecule has 8 heteroatoms. The zero-order valence-corrected chi connectivity index (χ0v) is 14.9. The Morgan fingerprint density at radius 2 is 1.86 bits per heavy atom. The number of carbonyl (C=O) groups excluding carboxylic acids is 1. The van der Waals surface area contributed by atoms with E-state index in [4.69, 9.17) is 4.74 Å². The lowest BCUT2D eigenvalue weighted by molar-refractivity contribution is 0.0511. The lowest BCUT2D eigenvalue weighted by atomic mass is 10.1. The van der Waals surface area contributed by atoms with Gasteiger partial charge in [0.25, 0.3) is 5.91 Å². The highest BCUT2D eigenvalue weighted by Gasteiger charge is 2.27. The molecule has 1 unspecified atom stereocenters. The molecule has 3 heterocycles. The minimum atomic E-state index is -0.531. The lowest BCUT2D eigenvalue weighted by Crippen LogP contribution is -2.44. The average Bonchev–Trinajstić information content (AvgIpc) is 3.20. The number of benzene rings is 1. The number of carbonyl (C=O) groups is 1. The molecule has 1 saturated heterocycles. The van der Waals surface area contributed by atoms with E-state index < -0.39 is 5.82 Å². The first-order chi connectivity index (χ1) is 13.6. The molecule has 0 saturated carbocycles. The van der Waals surface area contributed by atoms with E-state index in [9.17, 15) is 13.6 Å². The largest absolute Gasteiger partial charge is 0.458 e. The molecule has 3 aromatic rings. The van der Waals surface area contributed by atoms with Crippen molar-refractivity contribution >= 4 is 5.91 Å². The number of rotatable bonds is 4. The summed E-state index contributed by atoms with van der Waals surface area (Å²) in [6.45, 7) is 1.01. The van der Waals surface area contributed by atoms with Crippen LogP contribution in [0.5, 0.6) is 6.01 Å². The normalized spacial score (nSPS) is 16.8. The van der Waals surface area contributed by atoms with Gasteiger partial charge in [-0.05, 0) is 42.2 Å². The van der Waals surface area contributed by atoms with Crippen LogP contribution in [0.1, 0.15) is 23.3 Å². The van der Waals surface area contributed by atoms with Gasteiger partial charge in [-0.2, -0.15) is 0 Å². The van der Waals surface area contributed by atoms with E-state index in [0.717, 1.165) is 36.4 Å². The quantitative estimate of drug-likeness (QED) is 0.748. The van der Waals surface area contributed by atoms with Crippen LogP contribution in [0.2, 0.25) is 0 Å². The number of halogens is 2. The maximum absolute atomic E-state index is 13.1. The fourth-order valence-corrected chi connectivity index (χ4v) is 3.23. The van der Waals surface area contributed by atoms with Gasteiger partial charge in [0.1, 0.15) is 17.6 Å². The molecule has 144 valence electrons. The first-order valence-corrected chi connectivity index (χ1v) is 8.96. The Bertz CT molecular complexity index is 957. The third kappa shape index (κ3) is 4.00. The maximum Gasteiger partial charge on any atom is 0.316 e. The number of piperidine rings is 1. The Morgan fingerprint density at radius 3 is 2.61 bits per heavy atom. The van der Waals surface area contributed by atoms with Gasteiger partial charge in [0.2, 0.25) is 0 Å². The minimum absolute atomic E-state index is 0.0965. The maximum atomic E-state index is 13.1. The Hall–Kier alpha value is -3.29. The SMILES string of the molecule is O=C(c1cc(-c2ccc(F)cc2)c[nH]1)N1CCCC(Oc2ncc(F)cn2)C1. The Balaban J connectivity index is 1.43. The number of amides is 1. The van der Waals surface area contributed by atoms with Crippen LogP contribution in [0.3, 0.4) is 0 Å². The Labute approximate surface area is 160 Å². The molecule has 1 fully saturated rings. The highest BCUT2D eigenvalue weighted by Crippen LogP contribution is 2.23. The number of hydrogen-bond donors (Lipinski definition) is 1. The third-order valence-electron chi connectivity index (χ3n) is 4.63. The smallest absolute Gasteiger partial charge is 0.316 e. The zero-order valence-electron chi connectivity index (χ0n) is 14.9. The summed E-state index contributed by atoms with van der Waals surface area (Å²) in [5.41, 5.74) is 2.09. The van der Waals surface area contributed by atoms with Crippen LogP contribution < -0.4 is 4.74 Å². The van der Waals surface area contributed by atoms with Crippen molar-refractivity contribution in [2.45, 2.75) is 18.9 Å². The number of hydrogen-bond acceptors (Lipinski definition) is 4. The van der Waals surface area contributed by atoms with Gasteiger partial charge in [-0.25, -0.2) is 18.7 Å². The van der Waals surface area contributed by atoms with Crippen molar-refractivity contribution in [3.05, 3.63) is 66.3 Å². The Morgan fingerprint density at radius 1 is 1.11 bits per heavy atom. The van der Waals surface area contributed by atoms with Crippen LogP contribution in [0, 0.1) is 11.6 Å². The number of nitrogens with zero attached hydrogens (tertiary/aromatic N) is 3. The molecule has 28 heavy (non-hydrogen) atoms. The van der Waals surface area contributed by atoms with Crippen LogP contribution in [0.15, 0.2) is 48.9 Å². The molecule has 1 aliphatic rings. The molecule has 0 spiro atoms. The fourth-order valence-electron chi connectivity index (χ4n) is 3.23.